The van der Waals surface area contributed by atoms with Gasteiger partial charge in [-0.3, -0.25) is 0 Å². The molecule has 0 saturated heterocycles. The number of halogens is 1. The molecule has 0 radical (unpaired) electrons. The van der Waals surface area contributed by atoms with Gasteiger partial charge in [0.05, 0.1) is 23.8 Å². The zero-order chi connectivity index (χ0) is 19.3. The summed E-state index contributed by atoms with van der Waals surface area (Å²) in [6, 6.07) is 11.1. The van der Waals surface area contributed by atoms with Crippen LogP contribution in [-0.2, 0) is 21.3 Å². The third-order valence-electron chi connectivity index (χ3n) is 3.38. The molecule has 1 N–H and O–H groups in total. The first kappa shape index (κ1) is 20.2. The van der Waals surface area contributed by atoms with Crippen molar-refractivity contribution in [2.24, 2.45) is 0 Å². The number of esters is 1. The van der Waals surface area contributed by atoms with Gasteiger partial charge in [-0.2, -0.15) is 0 Å². The first-order valence-corrected chi connectivity index (χ1v) is 9.72. The SMILES string of the molecule is COC(=O)c1ccc(Cl)c(S(=O)(=O)NCc2cccc(OC(C)C)c2)c1. The molecule has 0 amide bonds. The van der Waals surface area contributed by atoms with E-state index in [-0.39, 0.29) is 28.1 Å². The number of carbonyl (C=O) groups excluding carboxylic acids is 1. The molecule has 2 aromatic rings. The zero-order valence-electron chi connectivity index (χ0n) is 14.7. The predicted molar refractivity (Wildman–Crippen MR) is 99.0 cm³/mol. The number of ether oxygens (including phenoxy) is 2. The van der Waals surface area contributed by atoms with Crippen molar-refractivity contribution in [3.8, 4) is 5.75 Å². The van der Waals surface area contributed by atoms with Crippen LogP contribution >= 0.6 is 11.6 Å². The van der Waals surface area contributed by atoms with Gasteiger partial charge in [0.2, 0.25) is 10.0 Å². The van der Waals surface area contributed by atoms with Gasteiger partial charge in [-0.15, -0.1) is 0 Å². The molecule has 0 aromatic heterocycles. The van der Waals surface area contributed by atoms with Crippen molar-refractivity contribution in [3.05, 3.63) is 58.6 Å². The van der Waals surface area contributed by atoms with Gasteiger partial charge in [0.1, 0.15) is 10.6 Å². The first-order chi connectivity index (χ1) is 12.2. The van der Waals surface area contributed by atoms with Crippen LogP contribution in [0.5, 0.6) is 5.75 Å². The van der Waals surface area contributed by atoms with Gasteiger partial charge in [0.25, 0.3) is 0 Å². The molecule has 0 aliphatic rings. The van der Waals surface area contributed by atoms with Crippen molar-refractivity contribution >= 4 is 27.6 Å². The van der Waals surface area contributed by atoms with Crippen molar-refractivity contribution in [2.75, 3.05) is 7.11 Å². The number of rotatable bonds is 7. The van der Waals surface area contributed by atoms with Gasteiger partial charge in [0.15, 0.2) is 0 Å². The summed E-state index contributed by atoms with van der Waals surface area (Å²) in [5.74, 6) is 0.0130. The first-order valence-electron chi connectivity index (χ1n) is 7.86. The number of sulfonamides is 1. The van der Waals surface area contributed by atoms with E-state index in [1.165, 1.54) is 25.3 Å². The lowest BCUT2D eigenvalue weighted by atomic mass is 10.2. The highest BCUT2D eigenvalue weighted by Crippen LogP contribution is 2.23. The van der Waals surface area contributed by atoms with E-state index in [1.54, 1.807) is 24.3 Å². The van der Waals surface area contributed by atoms with E-state index >= 15 is 0 Å². The molecule has 0 atom stereocenters. The Bertz CT molecular complexity index is 896. The van der Waals surface area contributed by atoms with E-state index in [0.717, 1.165) is 5.56 Å². The van der Waals surface area contributed by atoms with Gasteiger partial charge >= 0.3 is 5.97 Å². The van der Waals surface area contributed by atoms with E-state index in [2.05, 4.69) is 9.46 Å². The molecule has 0 fully saturated rings. The predicted octanol–water partition coefficient (Wildman–Crippen LogP) is 3.39. The summed E-state index contributed by atoms with van der Waals surface area (Å²) in [6.45, 7) is 3.87. The van der Waals surface area contributed by atoms with E-state index in [9.17, 15) is 13.2 Å². The Morgan fingerprint density at radius 1 is 1.19 bits per heavy atom. The van der Waals surface area contributed by atoms with Gasteiger partial charge in [-0.05, 0) is 49.7 Å². The number of carbonyl (C=O) groups is 1. The van der Waals surface area contributed by atoms with Crippen LogP contribution in [0.3, 0.4) is 0 Å². The summed E-state index contributed by atoms with van der Waals surface area (Å²) in [5.41, 5.74) is 0.830. The molecule has 0 bridgehead atoms. The van der Waals surface area contributed by atoms with E-state index in [1.807, 2.05) is 13.8 Å². The van der Waals surface area contributed by atoms with Gasteiger partial charge in [-0.25, -0.2) is 17.9 Å². The Morgan fingerprint density at radius 2 is 1.92 bits per heavy atom. The van der Waals surface area contributed by atoms with E-state index in [4.69, 9.17) is 16.3 Å². The maximum absolute atomic E-state index is 12.6. The summed E-state index contributed by atoms with van der Waals surface area (Å²) in [5, 5.41) is 0.0158. The minimum absolute atomic E-state index is 0.0156. The molecule has 0 saturated carbocycles. The fourth-order valence-electron chi connectivity index (χ4n) is 2.21. The Balaban J connectivity index is 2.20. The average Bonchev–Trinajstić information content (AvgIpc) is 2.59. The maximum atomic E-state index is 12.6. The molecule has 0 heterocycles. The molecular formula is C18H20ClNO5S. The summed E-state index contributed by atoms with van der Waals surface area (Å²) in [7, 11) is -2.70. The van der Waals surface area contributed by atoms with Gasteiger partial charge in [-0.1, -0.05) is 23.7 Å². The number of nitrogens with one attached hydrogen (secondary N) is 1. The van der Waals surface area contributed by atoms with Gasteiger partial charge in [0, 0.05) is 6.54 Å². The minimum atomic E-state index is -3.92. The fourth-order valence-corrected chi connectivity index (χ4v) is 3.75. The lowest BCUT2D eigenvalue weighted by molar-refractivity contribution is 0.0600. The number of benzene rings is 2. The van der Waals surface area contributed by atoms with Crippen LogP contribution < -0.4 is 9.46 Å². The molecule has 2 aromatic carbocycles. The highest BCUT2D eigenvalue weighted by Gasteiger charge is 2.20. The quantitative estimate of drug-likeness (QED) is 0.724. The number of methoxy groups -OCH3 is 1. The standard InChI is InChI=1S/C18H20ClNO5S/c1-12(2)25-15-6-4-5-13(9-15)11-20-26(22,23)17-10-14(18(21)24-3)7-8-16(17)19/h4-10,12,20H,11H2,1-3H3. The summed E-state index contributed by atoms with van der Waals surface area (Å²) < 4.78 is 37.8. The smallest absolute Gasteiger partial charge is 0.337 e. The van der Waals surface area contributed by atoms with Crippen LogP contribution in [0.4, 0.5) is 0 Å². The largest absolute Gasteiger partial charge is 0.491 e. The Morgan fingerprint density at radius 3 is 2.58 bits per heavy atom. The molecule has 0 unspecified atom stereocenters. The molecule has 0 aliphatic carbocycles. The zero-order valence-corrected chi connectivity index (χ0v) is 16.2. The second-order valence-corrected chi connectivity index (χ2v) is 7.92. The van der Waals surface area contributed by atoms with Crippen molar-refractivity contribution < 1.29 is 22.7 Å². The summed E-state index contributed by atoms with van der Waals surface area (Å²) >= 11 is 6.00. The van der Waals surface area contributed by atoms with Crippen LogP contribution in [0, 0.1) is 0 Å². The Hall–Kier alpha value is -2.09. The molecule has 2 rings (SSSR count). The monoisotopic (exact) mass is 397 g/mol. The molecule has 26 heavy (non-hydrogen) atoms. The van der Waals surface area contributed by atoms with Gasteiger partial charge < -0.3 is 9.47 Å². The molecule has 0 spiro atoms. The maximum Gasteiger partial charge on any atom is 0.337 e. The minimum Gasteiger partial charge on any atom is -0.491 e. The van der Waals surface area contributed by atoms with Crippen LogP contribution in [0.1, 0.15) is 29.8 Å². The van der Waals surface area contributed by atoms with Crippen molar-refractivity contribution in [1.29, 1.82) is 0 Å². The summed E-state index contributed by atoms with van der Waals surface area (Å²) in [6.07, 6.45) is 0.0156. The van der Waals surface area contributed by atoms with E-state index < -0.39 is 16.0 Å². The number of hydrogen-bond acceptors (Lipinski definition) is 5. The molecule has 0 aliphatic heterocycles. The topological polar surface area (TPSA) is 81.7 Å². The Labute approximate surface area is 158 Å². The Kier molecular flexibility index (Phi) is 6.63. The highest BCUT2D eigenvalue weighted by molar-refractivity contribution is 7.89. The fraction of sp³-hybridized carbons (Fsp3) is 0.278. The van der Waals surface area contributed by atoms with Crippen LogP contribution in [-0.4, -0.2) is 27.6 Å². The second-order valence-electron chi connectivity index (χ2n) is 5.78. The van der Waals surface area contributed by atoms with Crippen LogP contribution in [0.25, 0.3) is 0 Å². The second kappa shape index (κ2) is 8.53. The third-order valence-corrected chi connectivity index (χ3v) is 5.26. The lowest BCUT2D eigenvalue weighted by Gasteiger charge is -2.12. The molecule has 140 valence electrons. The van der Waals surface area contributed by atoms with Crippen LogP contribution in [0.15, 0.2) is 47.4 Å². The van der Waals surface area contributed by atoms with Crippen LogP contribution in [0.2, 0.25) is 5.02 Å². The van der Waals surface area contributed by atoms with Crippen molar-refractivity contribution in [1.82, 2.24) is 4.72 Å². The normalized spacial score (nSPS) is 11.4. The molecular weight excluding hydrogens is 378 g/mol. The average molecular weight is 398 g/mol. The summed E-state index contributed by atoms with van der Waals surface area (Å²) in [4.78, 5) is 11.4. The molecule has 6 nitrogen and oxygen atoms in total. The molecule has 8 heteroatoms. The van der Waals surface area contributed by atoms with E-state index in [0.29, 0.717) is 5.75 Å². The highest BCUT2D eigenvalue weighted by atomic mass is 35.5. The van der Waals surface area contributed by atoms with Crippen molar-refractivity contribution in [3.63, 3.8) is 0 Å². The lowest BCUT2D eigenvalue weighted by Crippen LogP contribution is -2.24. The third kappa shape index (κ3) is 5.20. The van der Waals surface area contributed by atoms with Crippen molar-refractivity contribution in [2.45, 2.75) is 31.4 Å². The number of hydrogen-bond donors (Lipinski definition) is 1.